The van der Waals surface area contributed by atoms with Crippen molar-refractivity contribution in [2.45, 2.75) is 40.0 Å². The molecule has 1 aromatic carbocycles. The summed E-state index contributed by atoms with van der Waals surface area (Å²) < 4.78 is 17.2. The first kappa shape index (κ1) is 17.4. The molecule has 1 fully saturated rings. The molecule has 0 heterocycles. The average Bonchev–Trinajstić information content (AvgIpc) is 3.30. The maximum Gasteiger partial charge on any atom is 0.306 e. The van der Waals surface area contributed by atoms with Gasteiger partial charge in [0.05, 0.1) is 25.7 Å². The standard InChI is InChI=1S/C18H26O5/c1-4-21-15-10-9-12(7-8-13-11-14(13)18(19)20)16(22-5-2)17(15)23-6-3/h9-10,13-14H,4-8,11H2,1-3H3,(H,19,20). The van der Waals surface area contributed by atoms with Gasteiger partial charge >= 0.3 is 5.97 Å². The number of hydrogen-bond donors (Lipinski definition) is 1. The van der Waals surface area contributed by atoms with Gasteiger partial charge in [-0.05, 0) is 57.6 Å². The molecule has 23 heavy (non-hydrogen) atoms. The summed E-state index contributed by atoms with van der Waals surface area (Å²) >= 11 is 0. The Hall–Kier alpha value is -1.91. The van der Waals surface area contributed by atoms with Crippen LogP contribution in [0.5, 0.6) is 17.2 Å². The monoisotopic (exact) mass is 322 g/mol. The summed E-state index contributed by atoms with van der Waals surface area (Å²) in [6, 6.07) is 3.91. The molecule has 0 aliphatic heterocycles. The van der Waals surface area contributed by atoms with Crippen LogP contribution < -0.4 is 14.2 Å². The minimum atomic E-state index is -0.679. The number of aryl methyl sites for hydroxylation is 1. The van der Waals surface area contributed by atoms with Gasteiger partial charge in [0.25, 0.3) is 0 Å². The summed E-state index contributed by atoms with van der Waals surface area (Å²) in [5, 5.41) is 9.01. The van der Waals surface area contributed by atoms with Crippen molar-refractivity contribution in [2.75, 3.05) is 19.8 Å². The van der Waals surface area contributed by atoms with E-state index in [1.807, 2.05) is 32.9 Å². The van der Waals surface area contributed by atoms with E-state index in [4.69, 9.17) is 19.3 Å². The van der Waals surface area contributed by atoms with Crippen LogP contribution in [0, 0.1) is 11.8 Å². The van der Waals surface area contributed by atoms with Crippen molar-refractivity contribution in [2.24, 2.45) is 11.8 Å². The lowest BCUT2D eigenvalue weighted by Gasteiger charge is -2.18. The van der Waals surface area contributed by atoms with Crippen LogP contribution in [-0.4, -0.2) is 30.9 Å². The number of rotatable bonds is 10. The van der Waals surface area contributed by atoms with E-state index in [2.05, 4.69) is 0 Å². The second-order valence-electron chi connectivity index (χ2n) is 5.66. The zero-order valence-corrected chi connectivity index (χ0v) is 14.1. The Bertz CT molecular complexity index is 540. The van der Waals surface area contributed by atoms with Gasteiger partial charge in [0, 0.05) is 0 Å². The molecule has 0 spiro atoms. The summed E-state index contributed by atoms with van der Waals surface area (Å²) in [6.07, 6.45) is 2.43. The molecule has 5 heteroatoms. The average molecular weight is 322 g/mol. The molecule has 2 unspecified atom stereocenters. The minimum Gasteiger partial charge on any atom is -0.490 e. The molecule has 1 aliphatic carbocycles. The van der Waals surface area contributed by atoms with E-state index in [9.17, 15) is 4.79 Å². The van der Waals surface area contributed by atoms with Gasteiger partial charge < -0.3 is 19.3 Å². The summed E-state index contributed by atoms with van der Waals surface area (Å²) in [7, 11) is 0. The SMILES string of the molecule is CCOc1ccc(CCC2CC2C(=O)O)c(OCC)c1OCC. The van der Waals surface area contributed by atoms with Gasteiger partial charge in [-0.2, -0.15) is 0 Å². The third-order valence-electron chi connectivity index (χ3n) is 4.06. The first-order valence-corrected chi connectivity index (χ1v) is 8.39. The number of hydrogen-bond acceptors (Lipinski definition) is 4. The molecule has 128 valence electrons. The lowest BCUT2D eigenvalue weighted by molar-refractivity contribution is -0.138. The number of benzene rings is 1. The van der Waals surface area contributed by atoms with Crippen LogP contribution in [0.25, 0.3) is 0 Å². The molecule has 0 saturated heterocycles. The highest BCUT2D eigenvalue weighted by atomic mass is 16.5. The van der Waals surface area contributed by atoms with E-state index in [0.717, 1.165) is 30.6 Å². The van der Waals surface area contributed by atoms with E-state index in [0.29, 0.717) is 31.3 Å². The quantitative estimate of drug-likeness (QED) is 0.714. The molecule has 0 radical (unpaired) electrons. The zero-order valence-electron chi connectivity index (χ0n) is 14.1. The molecule has 0 bridgehead atoms. The summed E-state index contributed by atoms with van der Waals surface area (Å²) in [6.45, 7) is 7.45. The fourth-order valence-corrected chi connectivity index (χ4v) is 2.84. The van der Waals surface area contributed by atoms with Crippen LogP contribution in [0.1, 0.15) is 39.2 Å². The van der Waals surface area contributed by atoms with Crippen LogP contribution in [0.3, 0.4) is 0 Å². The van der Waals surface area contributed by atoms with Crippen LogP contribution in [0.15, 0.2) is 12.1 Å². The van der Waals surface area contributed by atoms with E-state index < -0.39 is 5.97 Å². The van der Waals surface area contributed by atoms with Gasteiger partial charge in [-0.3, -0.25) is 4.79 Å². The summed E-state index contributed by atoms with van der Waals surface area (Å²) in [5.41, 5.74) is 1.05. The summed E-state index contributed by atoms with van der Waals surface area (Å²) in [5.74, 6) is 1.51. The van der Waals surface area contributed by atoms with Gasteiger partial charge in [-0.25, -0.2) is 0 Å². The maximum absolute atomic E-state index is 10.9. The first-order chi connectivity index (χ1) is 11.1. The summed E-state index contributed by atoms with van der Waals surface area (Å²) in [4.78, 5) is 10.9. The molecule has 1 N–H and O–H groups in total. The fourth-order valence-electron chi connectivity index (χ4n) is 2.84. The lowest BCUT2D eigenvalue weighted by Crippen LogP contribution is -2.05. The second-order valence-corrected chi connectivity index (χ2v) is 5.66. The van der Waals surface area contributed by atoms with E-state index in [-0.39, 0.29) is 11.8 Å². The predicted molar refractivity (Wildman–Crippen MR) is 87.5 cm³/mol. The molecular formula is C18H26O5. The molecule has 1 aliphatic rings. The number of ether oxygens (including phenoxy) is 3. The number of aliphatic carboxylic acids is 1. The molecule has 0 aromatic heterocycles. The Kier molecular flexibility index (Phi) is 6.13. The highest BCUT2D eigenvalue weighted by Gasteiger charge is 2.42. The lowest BCUT2D eigenvalue weighted by atomic mass is 10.0. The van der Waals surface area contributed by atoms with Crippen molar-refractivity contribution in [3.63, 3.8) is 0 Å². The molecule has 2 rings (SSSR count). The topological polar surface area (TPSA) is 65.0 Å². The molecule has 1 aromatic rings. The van der Waals surface area contributed by atoms with Gasteiger partial charge in [0.2, 0.25) is 5.75 Å². The van der Waals surface area contributed by atoms with E-state index in [1.165, 1.54) is 0 Å². The van der Waals surface area contributed by atoms with Crippen molar-refractivity contribution >= 4 is 5.97 Å². The Morgan fingerprint density at radius 1 is 1.09 bits per heavy atom. The smallest absolute Gasteiger partial charge is 0.306 e. The van der Waals surface area contributed by atoms with Crippen LogP contribution in [0.4, 0.5) is 0 Å². The Morgan fingerprint density at radius 2 is 1.74 bits per heavy atom. The van der Waals surface area contributed by atoms with Crippen LogP contribution in [-0.2, 0) is 11.2 Å². The van der Waals surface area contributed by atoms with Crippen molar-refractivity contribution in [3.05, 3.63) is 17.7 Å². The van der Waals surface area contributed by atoms with Crippen molar-refractivity contribution in [1.29, 1.82) is 0 Å². The van der Waals surface area contributed by atoms with Crippen LogP contribution >= 0.6 is 0 Å². The van der Waals surface area contributed by atoms with Gasteiger partial charge in [0.1, 0.15) is 0 Å². The second kappa shape index (κ2) is 8.09. The van der Waals surface area contributed by atoms with Crippen molar-refractivity contribution < 1.29 is 24.1 Å². The zero-order chi connectivity index (χ0) is 16.8. The minimum absolute atomic E-state index is 0.167. The Morgan fingerprint density at radius 3 is 2.30 bits per heavy atom. The Labute approximate surface area is 137 Å². The van der Waals surface area contributed by atoms with Gasteiger partial charge in [-0.1, -0.05) is 6.07 Å². The van der Waals surface area contributed by atoms with E-state index in [1.54, 1.807) is 0 Å². The number of carbonyl (C=O) groups is 1. The van der Waals surface area contributed by atoms with Gasteiger partial charge in [-0.15, -0.1) is 0 Å². The third kappa shape index (κ3) is 4.30. The molecular weight excluding hydrogens is 296 g/mol. The molecule has 2 atom stereocenters. The largest absolute Gasteiger partial charge is 0.490 e. The van der Waals surface area contributed by atoms with Gasteiger partial charge in [0.15, 0.2) is 11.5 Å². The fraction of sp³-hybridized carbons (Fsp3) is 0.611. The Balaban J connectivity index is 2.17. The number of carboxylic acids is 1. The normalized spacial score (nSPS) is 19.3. The number of carboxylic acid groups (broad SMARTS) is 1. The highest BCUT2D eigenvalue weighted by molar-refractivity contribution is 5.73. The van der Waals surface area contributed by atoms with Crippen molar-refractivity contribution in [1.82, 2.24) is 0 Å². The molecule has 5 nitrogen and oxygen atoms in total. The highest BCUT2D eigenvalue weighted by Crippen LogP contribution is 2.45. The molecule has 0 amide bonds. The van der Waals surface area contributed by atoms with E-state index >= 15 is 0 Å². The maximum atomic E-state index is 10.9. The van der Waals surface area contributed by atoms with Crippen molar-refractivity contribution in [3.8, 4) is 17.2 Å². The van der Waals surface area contributed by atoms with Crippen LogP contribution in [0.2, 0.25) is 0 Å². The predicted octanol–water partition coefficient (Wildman–Crippen LogP) is 3.54. The molecule has 1 saturated carbocycles. The third-order valence-corrected chi connectivity index (χ3v) is 4.06. The first-order valence-electron chi connectivity index (χ1n) is 8.39.